The van der Waals surface area contributed by atoms with Crippen LogP contribution in [-0.2, 0) is 6.54 Å². The summed E-state index contributed by atoms with van der Waals surface area (Å²) in [6, 6.07) is 3.40. The maximum atomic E-state index is 9.00. The molecular formula is C21H41N3O. The molecule has 0 bridgehead atoms. The second kappa shape index (κ2) is 18.9. The van der Waals surface area contributed by atoms with Gasteiger partial charge >= 0.3 is 6.03 Å². The third kappa shape index (κ3) is 20.5. The van der Waals surface area contributed by atoms with Gasteiger partial charge < -0.3 is 16.0 Å². The highest BCUT2D eigenvalue weighted by Crippen LogP contribution is 2.13. The number of rotatable bonds is 15. The van der Waals surface area contributed by atoms with Crippen LogP contribution in [0.1, 0.15) is 96.8 Å². The van der Waals surface area contributed by atoms with Gasteiger partial charge in [-0.05, 0) is 18.6 Å². The third-order valence-electron chi connectivity index (χ3n) is 4.44. The van der Waals surface area contributed by atoms with E-state index in [0.29, 0.717) is 0 Å². The van der Waals surface area contributed by atoms with Crippen molar-refractivity contribution in [1.82, 2.24) is 4.57 Å². The monoisotopic (exact) mass is 351 g/mol. The van der Waals surface area contributed by atoms with Crippen LogP contribution < -0.4 is 11.5 Å². The molecular weight excluding hydrogens is 310 g/mol. The molecule has 4 heteroatoms. The Balaban J connectivity index is 0.00000129. The van der Waals surface area contributed by atoms with Crippen molar-refractivity contribution in [3.63, 3.8) is 0 Å². The molecule has 146 valence electrons. The Morgan fingerprint density at radius 1 is 0.680 bits per heavy atom. The maximum Gasteiger partial charge on any atom is 0.309 e. The molecule has 4 nitrogen and oxygen atoms in total. The first kappa shape index (κ1) is 23.5. The fraction of sp³-hybridized carbons (Fsp3) is 0.762. The topological polar surface area (TPSA) is 74.0 Å². The van der Waals surface area contributed by atoms with Crippen LogP contribution in [0, 0.1) is 0 Å². The summed E-state index contributed by atoms with van der Waals surface area (Å²) in [6.45, 7) is 3.49. The smallest absolute Gasteiger partial charge is 0.309 e. The Morgan fingerprint density at radius 2 is 1.00 bits per heavy atom. The highest BCUT2D eigenvalue weighted by molar-refractivity contribution is 5.69. The van der Waals surface area contributed by atoms with Crippen molar-refractivity contribution in [3.05, 3.63) is 24.5 Å². The van der Waals surface area contributed by atoms with E-state index in [2.05, 4.69) is 47.5 Å². The molecule has 0 aliphatic heterocycles. The van der Waals surface area contributed by atoms with E-state index in [1.54, 1.807) is 0 Å². The van der Waals surface area contributed by atoms with Crippen LogP contribution in [0.25, 0.3) is 0 Å². The van der Waals surface area contributed by atoms with E-state index in [9.17, 15) is 0 Å². The molecule has 0 aliphatic rings. The largest absolute Gasteiger partial charge is 0.354 e. The highest BCUT2D eigenvalue weighted by atomic mass is 16.2. The zero-order valence-corrected chi connectivity index (χ0v) is 16.4. The van der Waals surface area contributed by atoms with Crippen molar-refractivity contribution in [3.8, 4) is 0 Å². The molecule has 1 rings (SSSR count). The van der Waals surface area contributed by atoms with Crippen LogP contribution in [-0.4, -0.2) is 10.6 Å². The van der Waals surface area contributed by atoms with Crippen molar-refractivity contribution < 1.29 is 4.79 Å². The van der Waals surface area contributed by atoms with Crippen LogP contribution in [0.3, 0.4) is 0 Å². The summed E-state index contributed by atoms with van der Waals surface area (Å²) in [6.07, 6.45) is 24.5. The molecule has 1 aromatic rings. The van der Waals surface area contributed by atoms with Crippen LogP contribution in [0.5, 0.6) is 0 Å². The fourth-order valence-electron chi connectivity index (χ4n) is 3.01. The zero-order valence-electron chi connectivity index (χ0n) is 16.4. The average Bonchev–Trinajstić information content (AvgIpc) is 3.08. The van der Waals surface area contributed by atoms with Crippen LogP contribution >= 0.6 is 0 Å². The van der Waals surface area contributed by atoms with Gasteiger partial charge in [-0.2, -0.15) is 0 Å². The molecule has 0 atom stereocenters. The van der Waals surface area contributed by atoms with Gasteiger partial charge in [0.1, 0.15) is 0 Å². The molecule has 4 N–H and O–H groups in total. The molecule has 0 aliphatic carbocycles. The summed E-state index contributed by atoms with van der Waals surface area (Å²) in [5.74, 6) is 0. The van der Waals surface area contributed by atoms with Gasteiger partial charge in [0.05, 0.1) is 0 Å². The van der Waals surface area contributed by atoms with Crippen molar-refractivity contribution in [1.29, 1.82) is 0 Å². The number of nitrogens with two attached hydrogens (primary N) is 2. The minimum atomic E-state index is -0.833. The lowest BCUT2D eigenvalue weighted by Crippen LogP contribution is -2.18. The predicted molar refractivity (Wildman–Crippen MR) is 109 cm³/mol. The summed E-state index contributed by atoms with van der Waals surface area (Å²) < 4.78 is 2.29. The van der Waals surface area contributed by atoms with E-state index in [-0.39, 0.29) is 0 Å². The van der Waals surface area contributed by atoms with Crippen LogP contribution in [0.4, 0.5) is 4.79 Å². The number of carbonyl (C=O) groups excluding carboxylic acids is 1. The highest BCUT2D eigenvalue weighted by Gasteiger charge is 1.94. The van der Waals surface area contributed by atoms with Crippen molar-refractivity contribution >= 4 is 6.03 Å². The SMILES string of the molecule is CCCCCCCCCCCCCCCCn1cccc1.NC(N)=O. The van der Waals surface area contributed by atoms with Gasteiger partial charge in [0.15, 0.2) is 0 Å². The number of primary amides is 2. The van der Waals surface area contributed by atoms with Crippen molar-refractivity contribution in [2.45, 2.75) is 103 Å². The second-order valence-electron chi connectivity index (χ2n) is 6.92. The number of unbranched alkanes of at least 4 members (excludes halogenated alkanes) is 13. The molecule has 1 heterocycles. The number of hydrogen-bond acceptors (Lipinski definition) is 1. The van der Waals surface area contributed by atoms with E-state index in [1.807, 2.05) is 0 Å². The van der Waals surface area contributed by atoms with Gasteiger partial charge in [-0.15, -0.1) is 0 Å². The molecule has 25 heavy (non-hydrogen) atoms. The molecule has 0 aromatic carbocycles. The van der Waals surface area contributed by atoms with E-state index >= 15 is 0 Å². The molecule has 1 aromatic heterocycles. The van der Waals surface area contributed by atoms with Gasteiger partial charge in [0.2, 0.25) is 0 Å². The molecule has 0 radical (unpaired) electrons. The maximum absolute atomic E-state index is 9.00. The Hall–Kier alpha value is -1.45. The van der Waals surface area contributed by atoms with E-state index < -0.39 is 6.03 Å². The van der Waals surface area contributed by atoms with Crippen molar-refractivity contribution in [2.24, 2.45) is 11.5 Å². The number of aryl methyl sites for hydroxylation is 1. The number of nitrogens with zero attached hydrogens (tertiary/aromatic N) is 1. The summed E-state index contributed by atoms with van der Waals surface area (Å²) in [5.41, 5.74) is 8.50. The molecule has 0 saturated carbocycles. The average molecular weight is 352 g/mol. The first-order valence-corrected chi connectivity index (χ1v) is 10.3. The van der Waals surface area contributed by atoms with E-state index in [4.69, 9.17) is 4.79 Å². The number of aromatic nitrogens is 1. The first-order chi connectivity index (χ1) is 12.2. The molecule has 0 spiro atoms. The Kier molecular flexibility index (Phi) is 17.8. The van der Waals surface area contributed by atoms with Gasteiger partial charge in [-0.3, -0.25) is 0 Å². The number of carbonyl (C=O) groups is 1. The third-order valence-corrected chi connectivity index (χ3v) is 4.44. The minimum Gasteiger partial charge on any atom is -0.354 e. The summed E-state index contributed by atoms with van der Waals surface area (Å²) >= 11 is 0. The Labute approximate surface area is 155 Å². The second-order valence-corrected chi connectivity index (χ2v) is 6.92. The molecule has 0 saturated heterocycles. The Morgan fingerprint density at radius 3 is 1.36 bits per heavy atom. The normalized spacial score (nSPS) is 10.3. The summed E-state index contributed by atoms with van der Waals surface area (Å²) in [7, 11) is 0. The standard InChI is InChI=1S/C20H37N.CH4N2O/c1-2-3-4-5-6-7-8-9-10-11-12-13-14-15-18-21-19-16-17-20-21;2-1(3)4/h16-17,19-20H,2-15,18H2,1H3;(H4,2,3,4). The number of amides is 2. The quantitative estimate of drug-likeness (QED) is 0.374. The number of urea groups is 1. The summed E-state index contributed by atoms with van der Waals surface area (Å²) in [4.78, 5) is 9.00. The lowest BCUT2D eigenvalue weighted by atomic mass is 10.0. The minimum absolute atomic E-state index is 0.833. The van der Waals surface area contributed by atoms with Crippen LogP contribution in [0.15, 0.2) is 24.5 Å². The lowest BCUT2D eigenvalue weighted by Gasteiger charge is -2.04. The molecule has 0 fully saturated rings. The first-order valence-electron chi connectivity index (χ1n) is 10.3. The zero-order chi connectivity index (χ0) is 18.6. The summed E-state index contributed by atoms with van der Waals surface area (Å²) in [5, 5.41) is 0. The van der Waals surface area contributed by atoms with Gasteiger partial charge in [0, 0.05) is 18.9 Å². The molecule has 0 unspecified atom stereocenters. The van der Waals surface area contributed by atoms with Gasteiger partial charge in [-0.1, -0.05) is 90.4 Å². The Bertz CT molecular complexity index is 373. The van der Waals surface area contributed by atoms with Gasteiger partial charge in [0.25, 0.3) is 0 Å². The number of hydrogen-bond donors (Lipinski definition) is 2. The van der Waals surface area contributed by atoms with E-state index in [1.165, 1.54) is 96.4 Å². The van der Waals surface area contributed by atoms with Crippen LogP contribution in [0.2, 0.25) is 0 Å². The molecule has 2 amide bonds. The lowest BCUT2D eigenvalue weighted by molar-refractivity contribution is 0.256. The fourth-order valence-corrected chi connectivity index (χ4v) is 3.01. The van der Waals surface area contributed by atoms with E-state index in [0.717, 1.165) is 0 Å². The van der Waals surface area contributed by atoms with Crippen molar-refractivity contribution in [2.75, 3.05) is 0 Å². The predicted octanol–water partition coefficient (Wildman–Crippen LogP) is 5.99. The van der Waals surface area contributed by atoms with Gasteiger partial charge in [-0.25, -0.2) is 4.79 Å².